The first-order chi connectivity index (χ1) is 13.8. The summed E-state index contributed by atoms with van der Waals surface area (Å²) in [5.41, 5.74) is 10.9. The Balaban J connectivity index is 5.31. The normalized spacial score (nSPS) is 13.6. The van der Waals surface area contributed by atoms with Gasteiger partial charge in [0.15, 0.2) is 0 Å². The van der Waals surface area contributed by atoms with Crippen LogP contribution in [0.15, 0.2) is 0 Å². The molecule has 0 radical (unpaired) electrons. The van der Waals surface area contributed by atoms with Crippen LogP contribution in [-0.2, 0) is 28.8 Å². The number of primary amides is 1. The van der Waals surface area contributed by atoms with Crippen LogP contribution >= 0.6 is 0 Å². The lowest BCUT2D eigenvalue weighted by Crippen LogP contribution is -2.57. The van der Waals surface area contributed by atoms with Crippen molar-refractivity contribution >= 4 is 35.6 Å². The lowest BCUT2D eigenvalue weighted by atomic mass is 10.0. The summed E-state index contributed by atoms with van der Waals surface area (Å²) in [4.78, 5) is 69.5. The Hall–Kier alpha value is -3.22. The number of carbonyl (C=O) groups excluding carboxylic acids is 4. The van der Waals surface area contributed by atoms with E-state index in [0.717, 1.165) is 0 Å². The molecule has 4 amide bonds. The molecule has 0 aliphatic carbocycles. The first-order valence-corrected chi connectivity index (χ1v) is 9.19. The van der Waals surface area contributed by atoms with Crippen LogP contribution in [0.4, 0.5) is 0 Å². The summed E-state index contributed by atoms with van der Waals surface area (Å²) in [5, 5.41) is 24.0. The smallest absolute Gasteiger partial charge is 0.322 e. The molecular weight excluding hydrogens is 402 g/mol. The lowest BCUT2D eigenvalue weighted by molar-refractivity contribution is -0.140. The number of nitrogens with two attached hydrogens (primary N) is 2. The Labute approximate surface area is 172 Å². The highest BCUT2D eigenvalue weighted by Gasteiger charge is 2.29. The minimum Gasteiger partial charge on any atom is -0.481 e. The topological polar surface area (TPSA) is 231 Å². The highest BCUT2D eigenvalue weighted by molar-refractivity contribution is 5.96. The minimum atomic E-state index is -1.45. The molecule has 0 fully saturated rings. The van der Waals surface area contributed by atoms with Gasteiger partial charge in [0.2, 0.25) is 23.6 Å². The quantitative estimate of drug-likeness (QED) is 0.151. The van der Waals surface area contributed by atoms with Crippen molar-refractivity contribution in [3.8, 4) is 0 Å². The van der Waals surface area contributed by atoms with E-state index in [1.807, 2.05) is 19.2 Å². The molecule has 30 heavy (non-hydrogen) atoms. The van der Waals surface area contributed by atoms with E-state index in [2.05, 4.69) is 10.6 Å². The first kappa shape index (κ1) is 26.8. The molecule has 0 spiro atoms. The Morgan fingerprint density at radius 1 is 0.867 bits per heavy atom. The summed E-state index contributed by atoms with van der Waals surface area (Å²) >= 11 is 0. The third-order valence-corrected chi connectivity index (χ3v) is 3.79. The second kappa shape index (κ2) is 13.1. The van der Waals surface area contributed by atoms with Crippen LogP contribution in [0.1, 0.15) is 39.5 Å². The summed E-state index contributed by atoms with van der Waals surface area (Å²) in [6, 6.07) is -3.81. The molecule has 0 aromatic carbocycles. The molecule has 13 nitrogen and oxygen atoms in total. The third kappa shape index (κ3) is 11.6. The van der Waals surface area contributed by atoms with Crippen molar-refractivity contribution in [2.45, 2.75) is 57.7 Å². The zero-order chi connectivity index (χ0) is 23.4. The van der Waals surface area contributed by atoms with E-state index < -0.39 is 73.1 Å². The van der Waals surface area contributed by atoms with Crippen LogP contribution in [0.2, 0.25) is 0 Å². The van der Waals surface area contributed by atoms with Gasteiger partial charge < -0.3 is 37.6 Å². The van der Waals surface area contributed by atoms with Gasteiger partial charge in [-0.05, 0) is 18.8 Å². The predicted octanol–water partition coefficient (Wildman–Crippen LogP) is -2.73. The van der Waals surface area contributed by atoms with Gasteiger partial charge in [-0.2, -0.15) is 0 Å². The van der Waals surface area contributed by atoms with Gasteiger partial charge in [-0.3, -0.25) is 28.8 Å². The number of hydrogen-bond acceptors (Lipinski definition) is 7. The number of carboxylic acid groups (broad SMARTS) is 2. The first-order valence-electron chi connectivity index (χ1n) is 9.19. The second-order valence-corrected chi connectivity index (χ2v) is 7.07. The monoisotopic (exact) mass is 431 g/mol. The van der Waals surface area contributed by atoms with Crippen molar-refractivity contribution in [3.63, 3.8) is 0 Å². The summed E-state index contributed by atoms with van der Waals surface area (Å²) < 4.78 is 0. The Kier molecular flexibility index (Phi) is 11.7. The predicted molar refractivity (Wildman–Crippen MR) is 103 cm³/mol. The van der Waals surface area contributed by atoms with E-state index in [-0.39, 0.29) is 12.3 Å². The van der Waals surface area contributed by atoms with E-state index in [1.54, 1.807) is 0 Å². The summed E-state index contributed by atoms with van der Waals surface area (Å²) in [6.45, 7) is 2.93. The average molecular weight is 431 g/mol. The molecule has 0 saturated heterocycles. The minimum absolute atomic E-state index is 0.0903. The maximum Gasteiger partial charge on any atom is 0.322 e. The van der Waals surface area contributed by atoms with E-state index in [1.165, 1.54) is 0 Å². The molecule has 0 rings (SSSR count). The van der Waals surface area contributed by atoms with Crippen molar-refractivity contribution in [1.82, 2.24) is 16.0 Å². The van der Waals surface area contributed by atoms with Gasteiger partial charge in [0.05, 0.1) is 12.5 Å². The highest BCUT2D eigenvalue weighted by Crippen LogP contribution is 2.05. The van der Waals surface area contributed by atoms with Crippen molar-refractivity contribution in [1.29, 1.82) is 0 Å². The zero-order valence-electron chi connectivity index (χ0n) is 16.8. The number of rotatable bonds is 14. The molecular formula is C17H29N5O8. The number of amides is 4. The fraction of sp³-hybridized carbons (Fsp3) is 0.647. The Bertz CT molecular complexity index is 667. The molecule has 3 unspecified atom stereocenters. The van der Waals surface area contributed by atoms with Gasteiger partial charge in [-0.15, -0.1) is 0 Å². The summed E-state index contributed by atoms with van der Waals surface area (Å²) in [6.07, 6.45) is -1.13. The number of aliphatic carboxylic acids is 2. The maximum atomic E-state index is 12.5. The Morgan fingerprint density at radius 3 is 1.90 bits per heavy atom. The maximum absolute atomic E-state index is 12.5. The molecule has 0 bridgehead atoms. The molecule has 0 aromatic heterocycles. The molecule has 0 aromatic rings. The number of nitrogens with one attached hydrogen (secondary N) is 3. The molecule has 0 aliphatic rings. The lowest BCUT2D eigenvalue weighted by Gasteiger charge is -2.23. The molecule has 9 N–H and O–H groups in total. The van der Waals surface area contributed by atoms with Crippen molar-refractivity contribution in [2.75, 3.05) is 6.54 Å². The molecule has 0 aliphatic heterocycles. The molecule has 0 heterocycles. The molecule has 13 heteroatoms. The summed E-state index contributed by atoms with van der Waals surface area (Å²) in [7, 11) is 0. The van der Waals surface area contributed by atoms with Crippen molar-refractivity contribution < 1.29 is 39.0 Å². The highest BCUT2D eigenvalue weighted by atomic mass is 16.4. The summed E-state index contributed by atoms with van der Waals surface area (Å²) in [5.74, 6) is -6.03. The van der Waals surface area contributed by atoms with Crippen molar-refractivity contribution in [3.05, 3.63) is 0 Å². The average Bonchev–Trinajstić information content (AvgIpc) is 2.60. The van der Waals surface area contributed by atoms with E-state index in [4.69, 9.17) is 21.7 Å². The second-order valence-electron chi connectivity index (χ2n) is 7.07. The largest absolute Gasteiger partial charge is 0.481 e. The van der Waals surface area contributed by atoms with E-state index in [0.29, 0.717) is 6.42 Å². The van der Waals surface area contributed by atoms with Gasteiger partial charge in [-0.1, -0.05) is 13.8 Å². The zero-order valence-corrected chi connectivity index (χ0v) is 16.8. The van der Waals surface area contributed by atoms with Crippen LogP contribution in [-0.4, -0.2) is 70.5 Å². The van der Waals surface area contributed by atoms with Crippen LogP contribution in [0.3, 0.4) is 0 Å². The van der Waals surface area contributed by atoms with E-state index >= 15 is 0 Å². The van der Waals surface area contributed by atoms with Crippen molar-refractivity contribution in [2.24, 2.45) is 17.4 Å². The molecule has 0 saturated carbocycles. The number of carbonyl (C=O) groups is 6. The van der Waals surface area contributed by atoms with Gasteiger partial charge in [0, 0.05) is 6.42 Å². The molecule has 3 atom stereocenters. The standard InChI is InChI=1S/C17H29N5O8/c1-8(2)5-9(18)15(28)22-11(6-12(19)23)17(30)21-10(3-4-13(24)25)16(29)20-7-14(26)27/h8-11H,3-7,18H2,1-2H3,(H2,19,23)(H,20,29)(H,21,30)(H,22,28)(H,24,25)(H,26,27). The number of carboxylic acids is 2. The van der Waals surface area contributed by atoms with Crippen LogP contribution in [0.25, 0.3) is 0 Å². The molecule has 170 valence electrons. The SMILES string of the molecule is CC(C)CC(N)C(=O)NC(CC(N)=O)C(=O)NC(CCC(=O)O)C(=O)NCC(=O)O. The fourth-order valence-electron chi connectivity index (χ4n) is 2.40. The van der Waals surface area contributed by atoms with Gasteiger partial charge in [0.25, 0.3) is 0 Å². The Morgan fingerprint density at radius 2 is 1.43 bits per heavy atom. The van der Waals surface area contributed by atoms with Crippen LogP contribution in [0, 0.1) is 5.92 Å². The van der Waals surface area contributed by atoms with Crippen LogP contribution in [0.5, 0.6) is 0 Å². The van der Waals surface area contributed by atoms with Gasteiger partial charge in [0.1, 0.15) is 18.6 Å². The number of hydrogen-bond donors (Lipinski definition) is 7. The fourth-order valence-corrected chi connectivity index (χ4v) is 2.40. The van der Waals surface area contributed by atoms with Crippen LogP contribution < -0.4 is 27.4 Å². The van der Waals surface area contributed by atoms with Gasteiger partial charge in [-0.25, -0.2) is 0 Å². The van der Waals surface area contributed by atoms with Gasteiger partial charge >= 0.3 is 11.9 Å². The van der Waals surface area contributed by atoms with E-state index in [9.17, 15) is 28.8 Å². The third-order valence-electron chi connectivity index (χ3n) is 3.79.